The van der Waals surface area contributed by atoms with Crippen molar-refractivity contribution in [3.63, 3.8) is 0 Å². The summed E-state index contributed by atoms with van der Waals surface area (Å²) in [6.07, 6.45) is 4.54. The van der Waals surface area contributed by atoms with E-state index in [9.17, 15) is 4.79 Å². The van der Waals surface area contributed by atoms with Gasteiger partial charge in [-0.05, 0) is 49.8 Å². The number of carbonyl (C=O) groups is 1. The van der Waals surface area contributed by atoms with E-state index in [1.54, 1.807) is 0 Å². The smallest absolute Gasteiger partial charge is 0.254 e. The molecular weight excluding hydrogens is 346 g/mol. The number of carbonyl (C=O) groups excluding carboxylic acids is 1. The quantitative estimate of drug-likeness (QED) is 0.724. The lowest BCUT2D eigenvalue weighted by atomic mass is 9.98. The predicted octanol–water partition coefficient (Wildman–Crippen LogP) is 4.17. The van der Waals surface area contributed by atoms with Crippen LogP contribution in [-0.4, -0.2) is 28.6 Å². The third-order valence-corrected chi connectivity index (χ3v) is 6.44. The van der Waals surface area contributed by atoms with Crippen molar-refractivity contribution in [2.24, 2.45) is 7.05 Å². The van der Waals surface area contributed by atoms with E-state index in [0.29, 0.717) is 12.1 Å². The number of piperidine rings is 1. The van der Waals surface area contributed by atoms with Gasteiger partial charge < -0.3 is 15.2 Å². The van der Waals surface area contributed by atoms with E-state index in [1.165, 1.54) is 18.4 Å². The molecule has 144 valence electrons. The molecule has 2 saturated heterocycles. The van der Waals surface area contributed by atoms with Gasteiger partial charge in [-0.1, -0.05) is 42.5 Å². The SMILES string of the molecule is Cc1ccc2c(C(=O)NC3CC4CCC(C3)N4)c(-c3ccccc3)n(C)c2c1. The van der Waals surface area contributed by atoms with Crippen molar-refractivity contribution in [3.05, 3.63) is 59.7 Å². The van der Waals surface area contributed by atoms with Gasteiger partial charge in [-0.2, -0.15) is 0 Å². The van der Waals surface area contributed by atoms with Crippen molar-refractivity contribution < 1.29 is 4.79 Å². The molecule has 2 aliphatic heterocycles. The van der Waals surface area contributed by atoms with Gasteiger partial charge in [0.25, 0.3) is 5.91 Å². The molecule has 0 radical (unpaired) electrons. The number of hydrogen-bond donors (Lipinski definition) is 2. The van der Waals surface area contributed by atoms with Crippen molar-refractivity contribution in [2.45, 2.75) is 50.7 Å². The zero-order valence-corrected chi connectivity index (χ0v) is 16.5. The molecule has 2 atom stereocenters. The lowest BCUT2D eigenvalue weighted by molar-refractivity contribution is 0.0926. The van der Waals surface area contributed by atoms with Crippen LogP contribution in [-0.2, 0) is 7.05 Å². The van der Waals surface area contributed by atoms with Crippen molar-refractivity contribution in [1.29, 1.82) is 0 Å². The number of hydrogen-bond acceptors (Lipinski definition) is 2. The van der Waals surface area contributed by atoms with E-state index in [1.807, 2.05) is 18.2 Å². The largest absolute Gasteiger partial charge is 0.349 e. The Hall–Kier alpha value is -2.59. The normalized spacial score (nSPS) is 23.9. The van der Waals surface area contributed by atoms with E-state index in [0.717, 1.165) is 40.6 Å². The molecule has 2 aromatic carbocycles. The van der Waals surface area contributed by atoms with Gasteiger partial charge in [-0.3, -0.25) is 4.79 Å². The molecule has 2 fully saturated rings. The molecule has 1 amide bonds. The van der Waals surface area contributed by atoms with Crippen molar-refractivity contribution in [2.75, 3.05) is 0 Å². The first-order valence-corrected chi connectivity index (χ1v) is 10.3. The van der Waals surface area contributed by atoms with Gasteiger partial charge in [-0.15, -0.1) is 0 Å². The van der Waals surface area contributed by atoms with Gasteiger partial charge in [0, 0.05) is 36.1 Å². The maximum atomic E-state index is 13.5. The van der Waals surface area contributed by atoms with Gasteiger partial charge in [0.15, 0.2) is 0 Å². The average Bonchev–Trinajstić information content (AvgIpc) is 3.18. The fraction of sp³-hybridized carbons (Fsp3) is 0.375. The Morgan fingerprint density at radius 1 is 1.07 bits per heavy atom. The lowest BCUT2D eigenvalue weighted by Crippen LogP contribution is -2.48. The summed E-state index contributed by atoms with van der Waals surface area (Å²) >= 11 is 0. The Kier molecular flexibility index (Phi) is 4.24. The number of aromatic nitrogens is 1. The van der Waals surface area contributed by atoms with Gasteiger partial charge >= 0.3 is 0 Å². The second-order valence-corrected chi connectivity index (χ2v) is 8.45. The minimum Gasteiger partial charge on any atom is -0.349 e. The third-order valence-electron chi connectivity index (χ3n) is 6.44. The van der Waals surface area contributed by atoms with E-state index < -0.39 is 0 Å². The summed E-state index contributed by atoms with van der Waals surface area (Å²) in [6, 6.07) is 18.0. The molecule has 0 aliphatic carbocycles. The van der Waals surface area contributed by atoms with Gasteiger partial charge in [0.05, 0.1) is 11.3 Å². The molecule has 0 saturated carbocycles. The van der Waals surface area contributed by atoms with E-state index in [-0.39, 0.29) is 11.9 Å². The molecule has 2 unspecified atom stereocenters. The van der Waals surface area contributed by atoms with Crippen LogP contribution in [0.3, 0.4) is 0 Å². The lowest BCUT2D eigenvalue weighted by Gasteiger charge is -2.29. The molecular formula is C24H27N3O. The summed E-state index contributed by atoms with van der Waals surface area (Å²) in [6.45, 7) is 2.10. The maximum absolute atomic E-state index is 13.5. The molecule has 4 nitrogen and oxygen atoms in total. The number of amides is 1. The van der Waals surface area contributed by atoms with E-state index >= 15 is 0 Å². The Morgan fingerprint density at radius 2 is 1.79 bits per heavy atom. The Balaban J connectivity index is 1.58. The van der Waals surface area contributed by atoms with E-state index in [2.05, 4.69) is 59.5 Å². The maximum Gasteiger partial charge on any atom is 0.254 e. The van der Waals surface area contributed by atoms with Crippen LogP contribution in [0.1, 0.15) is 41.6 Å². The number of rotatable bonds is 3. The Labute approximate surface area is 165 Å². The van der Waals surface area contributed by atoms with Crippen LogP contribution < -0.4 is 10.6 Å². The van der Waals surface area contributed by atoms with Crippen molar-refractivity contribution >= 4 is 16.8 Å². The Morgan fingerprint density at radius 3 is 2.50 bits per heavy atom. The number of nitrogens with one attached hydrogen (secondary N) is 2. The second-order valence-electron chi connectivity index (χ2n) is 8.45. The molecule has 2 bridgehead atoms. The second kappa shape index (κ2) is 6.78. The highest BCUT2D eigenvalue weighted by atomic mass is 16.1. The first-order valence-electron chi connectivity index (χ1n) is 10.3. The third kappa shape index (κ3) is 2.92. The molecule has 5 rings (SSSR count). The highest BCUT2D eigenvalue weighted by Crippen LogP contribution is 2.34. The molecule has 1 aromatic heterocycles. The number of benzene rings is 2. The van der Waals surface area contributed by atoms with Crippen LogP contribution in [0.4, 0.5) is 0 Å². The van der Waals surface area contributed by atoms with Crippen LogP contribution in [0.2, 0.25) is 0 Å². The predicted molar refractivity (Wildman–Crippen MR) is 114 cm³/mol. The minimum atomic E-state index is 0.0552. The van der Waals surface area contributed by atoms with Gasteiger partial charge in [0.1, 0.15) is 0 Å². The number of fused-ring (bicyclic) bond motifs is 3. The number of aryl methyl sites for hydroxylation is 2. The first-order chi connectivity index (χ1) is 13.6. The average molecular weight is 374 g/mol. The standard InChI is InChI=1S/C24H27N3O/c1-15-8-11-20-21(12-15)27(2)23(16-6-4-3-5-7-16)22(20)24(28)26-19-13-17-9-10-18(14-19)25-17/h3-8,11-12,17-19,25H,9-10,13-14H2,1-2H3,(H,26,28). The van der Waals surface area contributed by atoms with Crippen LogP contribution in [0.5, 0.6) is 0 Å². The highest BCUT2D eigenvalue weighted by molar-refractivity contribution is 6.13. The number of nitrogens with zero attached hydrogens (tertiary/aromatic N) is 1. The summed E-state index contributed by atoms with van der Waals surface area (Å²) in [7, 11) is 2.06. The fourth-order valence-electron chi connectivity index (χ4n) is 5.14. The summed E-state index contributed by atoms with van der Waals surface area (Å²) in [4.78, 5) is 13.5. The summed E-state index contributed by atoms with van der Waals surface area (Å²) in [5.41, 5.74) is 5.18. The van der Waals surface area contributed by atoms with Crippen LogP contribution in [0.15, 0.2) is 48.5 Å². The molecule has 2 aliphatic rings. The molecule has 0 spiro atoms. The zero-order valence-electron chi connectivity index (χ0n) is 16.5. The topological polar surface area (TPSA) is 46.1 Å². The van der Waals surface area contributed by atoms with Crippen molar-refractivity contribution in [1.82, 2.24) is 15.2 Å². The summed E-state index contributed by atoms with van der Waals surface area (Å²) in [5.74, 6) is 0.0552. The highest BCUT2D eigenvalue weighted by Gasteiger charge is 2.35. The monoisotopic (exact) mass is 373 g/mol. The zero-order chi connectivity index (χ0) is 19.3. The van der Waals surface area contributed by atoms with Crippen LogP contribution in [0.25, 0.3) is 22.2 Å². The molecule has 3 heterocycles. The minimum absolute atomic E-state index is 0.0552. The molecule has 4 heteroatoms. The molecule has 2 N–H and O–H groups in total. The van der Waals surface area contributed by atoms with Crippen molar-refractivity contribution in [3.8, 4) is 11.3 Å². The Bertz CT molecular complexity index is 1020. The van der Waals surface area contributed by atoms with Gasteiger partial charge in [-0.25, -0.2) is 0 Å². The van der Waals surface area contributed by atoms with Crippen LogP contribution in [0, 0.1) is 6.92 Å². The first kappa shape index (κ1) is 17.5. The molecule has 28 heavy (non-hydrogen) atoms. The summed E-state index contributed by atoms with van der Waals surface area (Å²) in [5, 5.41) is 8.06. The fourth-order valence-corrected chi connectivity index (χ4v) is 5.14. The summed E-state index contributed by atoms with van der Waals surface area (Å²) < 4.78 is 2.17. The van der Waals surface area contributed by atoms with E-state index in [4.69, 9.17) is 0 Å². The van der Waals surface area contributed by atoms with Gasteiger partial charge in [0.2, 0.25) is 0 Å². The molecule has 3 aromatic rings. The van der Waals surface area contributed by atoms with Crippen LogP contribution >= 0.6 is 0 Å².